The van der Waals surface area contributed by atoms with Crippen molar-refractivity contribution in [3.63, 3.8) is 0 Å². The highest BCUT2D eigenvalue weighted by atomic mass is 32.2. The first-order chi connectivity index (χ1) is 9.50. The zero-order valence-corrected chi connectivity index (χ0v) is 13.2. The summed E-state index contributed by atoms with van der Waals surface area (Å²) in [4.78, 5) is 11.6. The Bertz CT molecular complexity index is 664. The van der Waals surface area contributed by atoms with Gasteiger partial charge in [-0.2, -0.15) is 10.4 Å². The highest BCUT2D eigenvalue weighted by molar-refractivity contribution is 7.90. The average molecular weight is 314 g/mol. The molecule has 1 aromatic heterocycles. The molecule has 1 rings (SSSR count). The van der Waals surface area contributed by atoms with E-state index in [-0.39, 0.29) is 23.7 Å². The Kier molecular flexibility index (Phi) is 4.96. The minimum atomic E-state index is -3.14. The number of anilines is 1. The molecule has 0 saturated carbocycles. The quantitative estimate of drug-likeness (QED) is 0.891. The van der Waals surface area contributed by atoms with Crippen LogP contribution in [0.15, 0.2) is 6.20 Å². The van der Waals surface area contributed by atoms with E-state index in [4.69, 9.17) is 10.00 Å². The molecule has 0 unspecified atom stereocenters. The summed E-state index contributed by atoms with van der Waals surface area (Å²) >= 11 is 0. The van der Waals surface area contributed by atoms with Crippen LogP contribution in [0.2, 0.25) is 0 Å². The molecule has 0 aliphatic heterocycles. The molecule has 0 aliphatic rings. The van der Waals surface area contributed by atoms with Crippen molar-refractivity contribution in [2.24, 2.45) is 0 Å². The van der Waals surface area contributed by atoms with Crippen LogP contribution in [0.3, 0.4) is 0 Å². The van der Waals surface area contributed by atoms with Crippen molar-refractivity contribution in [3.8, 4) is 6.07 Å². The van der Waals surface area contributed by atoms with Crippen molar-refractivity contribution in [1.82, 2.24) is 9.78 Å². The van der Waals surface area contributed by atoms with Gasteiger partial charge in [0, 0.05) is 12.5 Å². The number of nitrogens with zero attached hydrogens (tertiary/aromatic N) is 3. The van der Waals surface area contributed by atoms with E-state index < -0.39 is 21.5 Å². The average Bonchev–Trinajstić information content (AvgIpc) is 2.65. The molecule has 21 heavy (non-hydrogen) atoms. The standard InChI is InChI=1S/C12H18N4O4S/c1-12(2,3)20-11(17)14-10-9(7-13)8-16(15-10)5-6-21(4,18)19/h8H,5-6H2,1-4H3,(H,14,15,17). The summed E-state index contributed by atoms with van der Waals surface area (Å²) in [7, 11) is -3.14. The number of nitriles is 1. The van der Waals surface area contributed by atoms with Gasteiger partial charge in [-0.15, -0.1) is 0 Å². The Morgan fingerprint density at radius 2 is 2.14 bits per heavy atom. The number of aryl methyl sites for hydroxylation is 1. The number of rotatable bonds is 4. The minimum absolute atomic E-state index is 0.0419. The van der Waals surface area contributed by atoms with Crippen LogP contribution in [0.25, 0.3) is 0 Å². The van der Waals surface area contributed by atoms with E-state index in [1.807, 2.05) is 6.07 Å². The van der Waals surface area contributed by atoms with Gasteiger partial charge in [-0.25, -0.2) is 13.2 Å². The molecule has 0 aromatic carbocycles. The van der Waals surface area contributed by atoms with Gasteiger partial charge in [0.1, 0.15) is 27.1 Å². The molecule has 1 N–H and O–H groups in total. The largest absolute Gasteiger partial charge is 0.444 e. The third-order valence-corrected chi connectivity index (χ3v) is 3.12. The van der Waals surface area contributed by atoms with E-state index in [2.05, 4.69) is 10.4 Å². The van der Waals surface area contributed by atoms with Crippen molar-refractivity contribution in [2.45, 2.75) is 32.9 Å². The molecule has 8 nitrogen and oxygen atoms in total. The fourth-order valence-electron chi connectivity index (χ4n) is 1.37. The molecule has 0 saturated heterocycles. The number of ether oxygens (including phenoxy) is 1. The highest BCUT2D eigenvalue weighted by Gasteiger charge is 2.19. The first kappa shape index (κ1) is 17.0. The topological polar surface area (TPSA) is 114 Å². The number of sulfone groups is 1. The van der Waals surface area contributed by atoms with Crippen LogP contribution in [0.1, 0.15) is 26.3 Å². The predicted octanol–water partition coefficient (Wildman–Crippen LogP) is 1.15. The molecule has 9 heteroatoms. The van der Waals surface area contributed by atoms with Crippen LogP contribution in [0.4, 0.5) is 10.6 Å². The predicted molar refractivity (Wildman–Crippen MR) is 76.5 cm³/mol. The minimum Gasteiger partial charge on any atom is -0.444 e. The van der Waals surface area contributed by atoms with Crippen LogP contribution in [-0.4, -0.2) is 41.9 Å². The molecule has 0 aliphatic carbocycles. The van der Waals surface area contributed by atoms with Crippen molar-refractivity contribution < 1.29 is 17.9 Å². The van der Waals surface area contributed by atoms with Crippen LogP contribution in [0, 0.1) is 11.3 Å². The molecule has 116 valence electrons. The molecule has 0 spiro atoms. The first-order valence-electron chi connectivity index (χ1n) is 6.15. The Labute approximate surface area is 123 Å². The monoisotopic (exact) mass is 314 g/mol. The smallest absolute Gasteiger partial charge is 0.413 e. The molecule has 0 atom stereocenters. The number of hydrogen-bond acceptors (Lipinski definition) is 6. The molecule has 0 radical (unpaired) electrons. The van der Waals surface area contributed by atoms with Gasteiger partial charge < -0.3 is 4.74 Å². The maximum absolute atomic E-state index is 11.6. The maximum Gasteiger partial charge on any atom is 0.413 e. The summed E-state index contributed by atoms with van der Waals surface area (Å²) in [6.07, 6.45) is 1.76. The van der Waals surface area contributed by atoms with Gasteiger partial charge in [-0.05, 0) is 20.8 Å². The number of nitrogens with one attached hydrogen (secondary N) is 1. The molecule has 1 amide bonds. The van der Waals surface area contributed by atoms with Crippen molar-refractivity contribution >= 4 is 21.7 Å². The lowest BCUT2D eigenvalue weighted by atomic mass is 10.2. The van der Waals surface area contributed by atoms with Crippen LogP contribution in [0.5, 0.6) is 0 Å². The second kappa shape index (κ2) is 6.13. The summed E-state index contributed by atoms with van der Waals surface area (Å²) in [5, 5.41) is 15.3. The van der Waals surface area contributed by atoms with Gasteiger partial charge in [-0.3, -0.25) is 10.00 Å². The van der Waals surface area contributed by atoms with Crippen LogP contribution < -0.4 is 5.32 Å². The zero-order chi connectivity index (χ0) is 16.3. The second-order valence-electron chi connectivity index (χ2n) is 5.52. The van der Waals surface area contributed by atoms with E-state index in [0.717, 1.165) is 6.26 Å². The third kappa shape index (κ3) is 6.27. The molecule has 0 bridgehead atoms. The second-order valence-corrected chi connectivity index (χ2v) is 7.78. The summed E-state index contributed by atoms with van der Waals surface area (Å²) in [6.45, 7) is 5.23. The fourth-order valence-corrected chi connectivity index (χ4v) is 1.89. The van der Waals surface area contributed by atoms with Crippen molar-refractivity contribution in [2.75, 3.05) is 17.3 Å². The SMILES string of the molecule is CC(C)(C)OC(=O)Nc1nn(CCS(C)(=O)=O)cc1C#N. The number of carbonyl (C=O) groups excluding carboxylic acids is 1. The maximum atomic E-state index is 11.6. The number of aromatic nitrogens is 2. The Balaban J connectivity index is 2.81. The van der Waals surface area contributed by atoms with Gasteiger partial charge in [-0.1, -0.05) is 0 Å². The van der Waals surface area contributed by atoms with Gasteiger partial charge in [0.15, 0.2) is 5.82 Å². The first-order valence-corrected chi connectivity index (χ1v) is 8.21. The summed E-state index contributed by atoms with van der Waals surface area (Å²) in [5.74, 6) is -0.0638. The van der Waals surface area contributed by atoms with Crippen LogP contribution in [-0.2, 0) is 21.1 Å². The molecule has 1 heterocycles. The molecule has 0 fully saturated rings. The van der Waals surface area contributed by atoms with Crippen LogP contribution >= 0.6 is 0 Å². The third-order valence-electron chi connectivity index (χ3n) is 2.19. The lowest BCUT2D eigenvalue weighted by Gasteiger charge is -2.19. The van der Waals surface area contributed by atoms with Gasteiger partial charge in [0.05, 0.1) is 12.3 Å². The summed E-state index contributed by atoms with van der Waals surface area (Å²) in [6, 6.07) is 1.88. The lowest BCUT2D eigenvalue weighted by Crippen LogP contribution is -2.27. The van der Waals surface area contributed by atoms with E-state index in [1.165, 1.54) is 10.9 Å². The van der Waals surface area contributed by atoms with Gasteiger partial charge in [0.25, 0.3) is 0 Å². The molecular weight excluding hydrogens is 296 g/mol. The van der Waals surface area contributed by atoms with Gasteiger partial charge >= 0.3 is 6.09 Å². The molecule has 1 aromatic rings. The Morgan fingerprint density at radius 3 is 2.62 bits per heavy atom. The number of carbonyl (C=O) groups is 1. The highest BCUT2D eigenvalue weighted by Crippen LogP contribution is 2.14. The van der Waals surface area contributed by atoms with E-state index in [0.29, 0.717) is 0 Å². The summed E-state index contributed by atoms with van der Waals surface area (Å²) < 4.78 is 28.6. The van der Waals surface area contributed by atoms with E-state index >= 15 is 0 Å². The molecular formula is C12H18N4O4S. The van der Waals surface area contributed by atoms with Crippen molar-refractivity contribution in [1.29, 1.82) is 5.26 Å². The van der Waals surface area contributed by atoms with E-state index in [9.17, 15) is 13.2 Å². The normalized spacial score (nSPS) is 11.8. The van der Waals surface area contributed by atoms with Crippen molar-refractivity contribution in [3.05, 3.63) is 11.8 Å². The fraction of sp³-hybridized carbons (Fsp3) is 0.583. The van der Waals surface area contributed by atoms with E-state index in [1.54, 1.807) is 20.8 Å². The Morgan fingerprint density at radius 1 is 1.52 bits per heavy atom. The number of amides is 1. The Hall–Kier alpha value is -2.08. The summed E-state index contributed by atoms with van der Waals surface area (Å²) in [5.41, 5.74) is -0.537. The number of hydrogen-bond donors (Lipinski definition) is 1. The van der Waals surface area contributed by atoms with Gasteiger partial charge in [0.2, 0.25) is 0 Å². The lowest BCUT2D eigenvalue weighted by molar-refractivity contribution is 0.0635. The zero-order valence-electron chi connectivity index (χ0n) is 12.4.